The van der Waals surface area contributed by atoms with Crippen LogP contribution in [0.2, 0.25) is 0 Å². The van der Waals surface area contributed by atoms with E-state index in [0.717, 1.165) is 4.90 Å². The zero-order chi connectivity index (χ0) is 22.1. The molecule has 31 heavy (non-hydrogen) atoms. The second kappa shape index (κ2) is 8.35. The maximum Gasteiger partial charge on any atom is 0.258 e. The van der Waals surface area contributed by atoms with E-state index >= 15 is 0 Å². The molecule has 1 atom stereocenters. The Labute approximate surface area is 182 Å². The lowest BCUT2D eigenvalue weighted by Crippen LogP contribution is -2.52. The molecule has 0 spiro atoms. The molecule has 0 saturated carbocycles. The van der Waals surface area contributed by atoms with Crippen molar-refractivity contribution >= 4 is 41.3 Å². The maximum atomic E-state index is 12.9. The van der Waals surface area contributed by atoms with E-state index in [0.29, 0.717) is 16.7 Å². The lowest BCUT2D eigenvalue weighted by atomic mass is 10.0. The molecule has 5 amide bonds. The first-order valence-corrected chi connectivity index (χ1v) is 10.9. The first kappa shape index (κ1) is 20.8. The van der Waals surface area contributed by atoms with E-state index < -0.39 is 23.8 Å². The van der Waals surface area contributed by atoms with Crippen molar-refractivity contribution in [3.8, 4) is 0 Å². The fourth-order valence-electron chi connectivity index (χ4n) is 3.69. The highest BCUT2D eigenvalue weighted by molar-refractivity contribution is 7.98. The molecule has 2 aliphatic rings. The van der Waals surface area contributed by atoms with Crippen LogP contribution in [0.1, 0.15) is 49.5 Å². The first-order chi connectivity index (χ1) is 14.9. The van der Waals surface area contributed by atoms with E-state index in [9.17, 15) is 24.0 Å². The van der Waals surface area contributed by atoms with Crippen LogP contribution in [-0.2, 0) is 16.1 Å². The van der Waals surface area contributed by atoms with Crippen LogP contribution in [0.3, 0.4) is 0 Å². The van der Waals surface area contributed by atoms with E-state index in [2.05, 4.69) is 10.6 Å². The number of amides is 5. The second-order valence-corrected chi connectivity index (χ2v) is 8.16. The number of imide groups is 2. The predicted molar refractivity (Wildman–Crippen MR) is 113 cm³/mol. The van der Waals surface area contributed by atoms with Crippen LogP contribution in [0.25, 0.3) is 0 Å². The van der Waals surface area contributed by atoms with Gasteiger partial charge in [-0.15, -0.1) is 11.8 Å². The fourth-order valence-corrected chi connectivity index (χ4v) is 4.09. The SMILES string of the molecule is CSc1ccc(C(=O)NC(=O)c2ccc3c(c2)C(=O)N(C2CCC(=O)NC2=O)C3)cc1. The molecule has 0 aliphatic carbocycles. The standard InChI is InChI=1S/C22H19N3O5S/c1-31-15-6-4-12(5-7-15)19(27)24-20(28)13-2-3-14-11-25(22(30)16(14)10-13)17-8-9-18(26)23-21(17)29/h2-7,10,17H,8-9,11H2,1H3,(H,23,26,29)(H,24,27,28). The van der Waals surface area contributed by atoms with Gasteiger partial charge in [0.15, 0.2) is 0 Å². The molecule has 2 N–H and O–H groups in total. The Balaban J connectivity index is 1.48. The van der Waals surface area contributed by atoms with Gasteiger partial charge in [0.25, 0.3) is 17.7 Å². The lowest BCUT2D eigenvalue weighted by molar-refractivity contribution is -0.136. The van der Waals surface area contributed by atoms with Gasteiger partial charge in [0, 0.05) is 34.6 Å². The van der Waals surface area contributed by atoms with Crippen molar-refractivity contribution in [2.45, 2.75) is 30.3 Å². The van der Waals surface area contributed by atoms with Crippen molar-refractivity contribution in [1.29, 1.82) is 0 Å². The third-order valence-electron chi connectivity index (χ3n) is 5.37. The summed E-state index contributed by atoms with van der Waals surface area (Å²) in [4.78, 5) is 63.7. The van der Waals surface area contributed by atoms with Gasteiger partial charge >= 0.3 is 0 Å². The van der Waals surface area contributed by atoms with Gasteiger partial charge < -0.3 is 4.90 Å². The average Bonchev–Trinajstić information content (AvgIpc) is 3.09. The topological polar surface area (TPSA) is 113 Å². The van der Waals surface area contributed by atoms with Gasteiger partial charge in [-0.1, -0.05) is 6.07 Å². The van der Waals surface area contributed by atoms with Gasteiger partial charge in [-0.25, -0.2) is 0 Å². The predicted octanol–water partition coefficient (Wildman–Crippen LogP) is 1.74. The number of benzene rings is 2. The number of carbonyl (C=O) groups is 5. The van der Waals surface area contributed by atoms with Gasteiger partial charge in [0.05, 0.1) is 0 Å². The van der Waals surface area contributed by atoms with Crippen LogP contribution in [0.15, 0.2) is 47.4 Å². The zero-order valence-electron chi connectivity index (χ0n) is 16.6. The van der Waals surface area contributed by atoms with Crippen LogP contribution < -0.4 is 10.6 Å². The molecule has 1 unspecified atom stereocenters. The van der Waals surface area contributed by atoms with Crippen LogP contribution in [0.5, 0.6) is 0 Å². The summed E-state index contributed by atoms with van der Waals surface area (Å²) in [7, 11) is 0. The van der Waals surface area contributed by atoms with Crippen LogP contribution in [0.4, 0.5) is 0 Å². The normalized spacial score (nSPS) is 17.9. The maximum absolute atomic E-state index is 12.9. The Morgan fingerprint density at radius 1 is 1.03 bits per heavy atom. The molecule has 4 rings (SSSR count). The minimum Gasteiger partial charge on any atom is -0.322 e. The highest BCUT2D eigenvalue weighted by Crippen LogP contribution is 2.28. The summed E-state index contributed by atoms with van der Waals surface area (Å²) in [5.41, 5.74) is 1.53. The van der Waals surface area contributed by atoms with Crippen molar-refractivity contribution in [3.63, 3.8) is 0 Å². The van der Waals surface area contributed by atoms with Crippen LogP contribution in [0, 0.1) is 0 Å². The Morgan fingerprint density at radius 2 is 1.71 bits per heavy atom. The van der Waals surface area contributed by atoms with E-state index in [1.165, 1.54) is 11.0 Å². The molecule has 1 fully saturated rings. The quantitative estimate of drug-likeness (QED) is 0.557. The van der Waals surface area contributed by atoms with Gasteiger partial charge in [-0.05, 0) is 54.6 Å². The molecule has 2 aromatic rings. The molecule has 158 valence electrons. The molecule has 0 radical (unpaired) electrons. The van der Waals surface area contributed by atoms with Crippen molar-refractivity contribution in [3.05, 3.63) is 64.7 Å². The zero-order valence-corrected chi connectivity index (χ0v) is 17.5. The number of rotatable bonds is 4. The average molecular weight is 437 g/mol. The molecular formula is C22H19N3O5S. The number of hydrogen-bond acceptors (Lipinski definition) is 6. The van der Waals surface area contributed by atoms with Crippen molar-refractivity contribution in [2.75, 3.05) is 6.26 Å². The molecule has 0 bridgehead atoms. The third-order valence-corrected chi connectivity index (χ3v) is 6.11. The summed E-state index contributed by atoms with van der Waals surface area (Å²) in [5.74, 6) is -2.37. The molecule has 0 aromatic heterocycles. The van der Waals surface area contributed by atoms with Gasteiger partial charge in [-0.3, -0.25) is 34.6 Å². The number of thioether (sulfide) groups is 1. The Kier molecular flexibility index (Phi) is 5.60. The van der Waals surface area contributed by atoms with E-state index in [1.807, 2.05) is 6.26 Å². The largest absolute Gasteiger partial charge is 0.322 e. The molecule has 8 nitrogen and oxygen atoms in total. The second-order valence-electron chi connectivity index (χ2n) is 7.28. The van der Waals surface area contributed by atoms with Gasteiger partial charge in [0.2, 0.25) is 11.8 Å². The van der Waals surface area contributed by atoms with Crippen LogP contribution >= 0.6 is 11.8 Å². The summed E-state index contributed by atoms with van der Waals surface area (Å²) < 4.78 is 0. The summed E-state index contributed by atoms with van der Waals surface area (Å²) in [6, 6.07) is 10.8. The number of nitrogens with zero attached hydrogens (tertiary/aromatic N) is 1. The van der Waals surface area contributed by atoms with E-state index in [4.69, 9.17) is 0 Å². The molecule has 1 saturated heterocycles. The van der Waals surface area contributed by atoms with Crippen molar-refractivity contribution < 1.29 is 24.0 Å². The molecule has 2 heterocycles. The summed E-state index contributed by atoms with van der Waals surface area (Å²) in [6.07, 6.45) is 2.36. The highest BCUT2D eigenvalue weighted by atomic mass is 32.2. The summed E-state index contributed by atoms with van der Waals surface area (Å²) >= 11 is 1.55. The minimum absolute atomic E-state index is 0.171. The summed E-state index contributed by atoms with van der Waals surface area (Å²) in [6.45, 7) is 0.225. The minimum atomic E-state index is -0.722. The number of piperidine rings is 1. The summed E-state index contributed by atoms with van der Waals surface area (Å²) in [5, 5.41) is 4.58. The molecule has 2 aromatic carbocycles. The van der Waals surface area contributed by atoms with Crippen molar-refractivity contribution in [1.82, 2.24) is 15.5 Å². The Bertz CT molecular complexity index is 1110. The molecule has 2 aliphatic heterocycles. The van der Waals surface area contributed by atoms with E-state index in [-0.39, 0.29) is 36.8 Å². The van der Waals surface area contributed by atoms with Gasteiger partial charge in [0.1, 0.15) is 6.04 Å². The van der Waals surface area contributed by atoms with Crippen molar-refractivity contribution in [2.24, 2.45) is 0 Å². The Morgan fingerprint density at radius 3 is 2.39 bits per heavy atom. The Hall–Kier alpha value is -3.46. The van der Waals surface area contributed by atoms with E-state index in [1.54, 1.807) is 48.2 Å². The number of carbonyl (C=O) groups excluding carboxylic acids is 5. The lowest BCUT2D eigenvalue weighted by Gasteiger charge is -2.29. The monoisotopic (exact) mass is 437 g/mol. The molecular weight excluding hydrogens is 418 g/mol. The molecule has 9 heteroatoms. The van der Waals surface area contributed by atoms with Gasteiger partial charge in [-0.2, -0.15) is 0 Å². The third kappa shape index (κ3) is 4.09. The smallest absolute Gasteiger partial charge is 0.258 e. The fraction of sp³-hybridized carbons (Fsp3) is 0.227. The van der Waals surface area contributed by atoms with Crippen LogP contribution in [-0.4, -0.2) is 46.7 Å². The first-order valence-electron chi connectivity index (χ1n) is 9.64. The number of nitrogens with one attached hydrogen (secondary N) is 2. The number of hydrogen-bond donors (Lipinski definition) is 2. The highest BCUT2D eigenvalue weighted by Gasteiger charge is 2.39. The number of fused-ring (bicyclic) bond motifs is 1.